The zero-order valence-corrected chi connectivity index (χ0v) is 16.5. The van der Waals surface area contributed by atoms with E-state index >= 15 is 0 Å². The van der Waals surface area contributed by atoms with E-state index in [1.165, 1.54) is 6.07 Å². The van der Waals surface area contributed by atoms with E-state index in [1.807, 2.05) is 53.4 Å². The summed E-state index contributed by atoms with van der Waals surface area (Å²) >= 11 is 6.26. The quantitative estimate of drug-likeness (QED) is 0.568. The van der Waals surface area contributed by atoms with Crippen molar-refractivity contribution in [1.29, 1.82) is 0 Å². The zero-order valence-electron chi connectivity index (χ0n) is 15.7. The molecule has 2 aromatic carbocycles. The van der Waals surface area contributed by atoms with Gasteiger partial charge < -0.3 is 5.32 Å². The largest absolute Gasteiger partial charge is 0.323 e. The van der Waals surface area contributed by atoms with Gasteiger partial charge in [-0.05, 0) is 50.6 Å². The van der Waals surface area contributed by atoms with Crippen molar-refractivity contribution in [1.82, 2.24) is 14.2 Å². The third-order valence-electron chi connectivity index (χ3n) is 4.82. The van der Waals surface area contributed by atoms with Crippen molar-refractivity contribution in [3.63, 3.8) is 0 Å². The molecule has 142 valence electrons. The summed E-state index contributed by atoms with van der Waals surface area (Å²) in [6.45, 7) is 5.57. The van der Waals surface area contributed by atoms with Gasteiger partial charge >= 0.3 is 0 Å². The van der Waals surface area contributed by atoms with Crippen LogP contribution in [0.4, 0.5) is 5.69 Å². The van der Waals surface area contributed by atoms with E-state index in [2.05, 4.69) is 10.3 Å². The number of para-hydroxylation sites is 1. The number of aromatic nitrogens is 3. The van der Waals surface area contributed by atoms with Gasteiger partial charge in [0.2, 0.25) is 5.91 Å². The highest BCUT2D eigenvalue weighted by Gasteiger charge is 2.23. The number of hydrogen-bond donors (Lipinski definition) is 1. The van der Waals surface area contributed by atoms with Gasteiger partial charge in [0.25, 0.3) is 5.56 Å². The number of nitrogens with one attached hydrogen (secondary N) is 1. The number of hydrogen-bond acceptors (Lipinski definition) is 3. The van der Waals surface area contributed by atoms with Gasteiger partial charge in [0.05, 0.1) is 16.2 Å². The molecule has 0 saturated carbocycles. The summed E-state index contributed by atoms with van der Waals surface area (Å²) in [5.74, 6) is -0.216. The minimum atomic E-state index is -0.567. The molecule has 28 heavy (non-hydrogen) atoms. The molecule has 4 aromatic rings. The number of anilines is 1. The van der Waals surface area contributed by atoms with E-state index in [1.54, 1.807) is 19.1 Å². The molecule has 2 aromatic heterocycles. The van der Waals surface area contributed by atoms with Crippen molar-refractivity contribution in [3.8, 4) is 0 Å². The first kappa shape index (κ1) is 18.3. The number of halogens is 1. The number of amides is 1. The molecule has 2 heterocycles. The highest BCUT2D eigenvalue weighted by atomic mass is 35.5. The van der Waals surface area contributed by atoms with Crippen molar-refractivity contribution in [2.75, 3.05) is 5.32 Å². The van der Waals surface area contributed by atoms with Gasteiger partial charge in [-0.25, -0.2) is 4.52 Å². The summed E-state index contributed by atoms with van der Waals surface area (Å²) in [7, 11) is 0. The zero-order chi connectivity index (χ0) is 20.0. The van der Waals surface area contributed by atoms with Crippen LogP contribution in [0.3, 0.4) is 0 Å². The fourth-order valence-electron chi connectivity index (χ4n) is 3.46. The molecule has 0 spiro atoms. The Morgan fingerprint density at radius 1 is 1.14 bits per heavy atom. The Hall–Kier alpha value is -3.12. The molecule has 0 radical (unpaired) electrons. The Morgan fingerprint density at radius 3 is 2.64 bits per heavy atom. The van der Waals surface area contributed by atoms with Gasteiger partial charge in [-0.15, -0.1) is 0 Å². The maximum Gasteiger partial charge on any atom is 0.273 e. The van der Waals surface area contributed by atoms with Gasteiger partial charge in [0.15, 0.2) is 5.65 Å². The Labute approximate surface area is 166 Å². The van der Waals surface area contributed by atoms with Gasteiger partial charge in [-0.3, -0.25) is 14.3 Å². The minimum absolute atomic E-state index is 0.216. The number of carbonyl (C=O) groups is 1. The fraction of sp³-hybridized carbons (Fsp3) is 0.190. The third-order valence-corrected chi connectivity index (χ3v) is 5.13. The van der Waals surface area contributed by atoms with Gasteiger partial charge in [0, 0.05) is 17.1 Å². The van der Waals surface area contributed by atoms with Crippen LogP contribution in [0.1, 0.15) is 24.2 Å². The second-order valence-corrected chi connectivity index (χ2v) is 7.29. The topological polar surface area (TPSA) is 68.4 Å². The summed E-state index contributed by atoms with van der Waals surface area (Å²) in [5, 5.41) is 4.20. The molecule has 0 aliphatic rings. The molecule has 0 saturated heterocycles. The number of nitrogens with zero attached hydrogens (tertiary/aromatic N) is 3. The predicted octanol–water partition coefficient (Wildman–Crippen LogP) is 4.12. The molecular formula is C21H19ClN4O2. The number of rotatable bonds is 3. The molecule has 0 bridgehead atoms. The van der Waals surface area contributed by atoms with E-state index in [0.717, 1.165) is 16.5 Å². The Balaban J connectivity index is 1.85. The normalized spacial score (nSPS) is 12.4. The van der Waals surface area contributed by atoms with Gasteiger partial charge in [0.1, 0.15) is 6.04 Å². The van der Waals surface area contributed by atoms with Crippen molar-refractivity contribution in [2.24, 2.45) is 0 Å². The SMILES string of the molecule is Cc1ccc(NC(=O)[C@H](C)n2c3ccccc3c3nc(=O)cc(C)n32)c(Cl)c1. The number of aryl methyl sites for hydroxylation is 2. The molecule has 1 amide bonds. The number of fused-ring (bicyclic) bond motifs is 3. The number of benzene rings is 2. The maximum absolute atomic E-state index is 13.0. The highest BCUT2D eigenvalue weighted by Crippen LogP contribution is 2.27. The molecule has 7 heteroatoms. The van der Waals surface area contributed by atoms with E-state index in [-0.39, 0.29) is 11.5 Å². The van der Waals surface area contributed by atoms with E-state index in [9.17, 15) is 9.59 Å². The summed E-state index contributed by atoms with van der Waals surface area (Å²) in [5.41, 5.74) is 3.34. The second-order valence-electron chi connectivity index (χ2n) is 6.88. The summed E-state index contributed by atoms with van der Waals surface area (Å²) in [4.78, 5) is 29.1. The third kappa shape index (κ3) is 2.96. The van der Waals surface area contributed by atoms with Crippen LogP contribution in [0, 0.1) is 13.8 Å². The molecule has 0 fully saturated rings. The smallest absolute Gasteiger partial charge is 0.273 e. The molecule has 6 nitrogen and oxygen atoms in total. The van der Waals surface area contributed by atoms with Crippen LogP contribution in [-0.4, -0.2) is 20.1 Å². The standard InChI is InChI=1S/C21H19ClN4O2/c1-12-8-9-17(16(22)10-12)23-21(28)14(3)26-18-7-5-4-6-15(18)20-24-19(27)11-13(2)25(20)26/h4-11,14H,1-3H3,(H,23,28)/t14-/m0/s1. The lowest BCUT2D eigenvalue weighted by Crippen LogP contribution is -2.27. The predicted molar refractivity (Wildman–Crippen MR) is 111 cm³/mol. The van der Waals surface area contributed by atoms with Crippen molar-refractivity contribution in [2.45, 2.75) is 26.8 Å². The molecule has 0 unspecified atom stereocenters. The lowest BCUT2D eigenvalue weighted by atomic mass is 10.2. The van der Waals surface area contributed by atoms with Crippen LogP contribution >= 0.6 is 11.6 Å². The van der Waals surface area contributed by atoms with Gasteiger partial charge in [-0.2, -0.15) is 4.98 Å². The first-order valence-electron chi connectivity index (χ1n) is 8.93. The molecule has 1 N–H and O–H groups in total. The Morgan fingerprint density at radius 2 is 1.89 bits per heavy atom. The van der Waals surface area contributed by atoms with Crippen LogP contribution in [0.5, 0.6) is 0 Å². The molecule has 4 rings (SSSR count). The van der Waals surface area contributed by atoms with E-state index in [4.69, 9.17) is 11.6 Å². The van der Waals surface area contributed by atoms with Gasteiger partial charge in [-0.1, -0.05) is 29.8 Å². The van der Waals surface area contributed by atoms with Crippen LogP contribution in [0.15, 0.2) is 53.3 Å². The van der Waals surface area contributed by atoms with Crippen LogP contribution in [-0.2, 0) is 4.79 Å². The lowest BCUT2D eigenvalue weighted by molar-refractivity contribution is -0.119. The van der Waals surface area contributed by atoms with Crippen molar-refractivity contribution < 1.29 is 4.79 Å². The lowest BCUT2D eigenvalue weighted by Gasteiger charge is -2.18. The van der Waals surface area contributed by atoms with E-state index < -0.39 is 6.04 Å². The summed E-state index contributed by atoms with van der Waals surface area (Å²) < 4.78 is 3.66. The average Bonchev–Trinajstić information content (AvgIpc) is 2.98. The molecule has 0 aliphatic heterocycles. The van der Waals surface area contributed by atoms with Crippen LogP contribution in [0.25, 0.3) is 16.6 Å². The Kier molecular flexibility index (Phi) is 4.43. The summed E-state index contributed by atoms with van der Waals surface area (Å²) in [6.07, 6.45) is 0. The molecular weight excluding hydrogens is 376 g/mol. The first-order valence-corrected chi connectivity index (χ1v) is 9.31. The minimum Gasteiger partial charge on any atom is -0.323 e. The average molecular weight is 395 g/mol. The second kappa shape index (κ2) is 6.80. The van der Waals surface area contributed by atoms with Crippen molar-refractivity contribution in [3.05, 3.63) is 75.2 Å². The van der Waals surface area contributed by atoms with Crippen molar-refractivity contribution >= 4 is 39.7 Å². The molecule has 0 aliphatic carbocycles. The summed E-state index contributed by atoms with van der Waals surface area (Å²) in [6, 6.07) is 14.0. The Bertz CT molecular complexity index is 1290. The monoisotopic (exact) mass is 394 g/mol. The van der Waals surface area contributed by atoms with Crippen LogP contribution in [0.2, 0.25) is 5.02 Å². The number of carbonyl (C=O) groups excluding carboxylic acids is 1. The van der Waals surface area contributed by atoms with Crippen LogP contribution < -0.4 is 10.9 Å². The molecule has 1 atom stereocenters. The maximum atomic E-state index is 13.0. The highest BCUT2D eigenvalue weighted by molar-refractivity contribution is 6.33. The van der Waals surface area contributed by atoms with E-state index in [0.29, 0.717) is 22.1 Å². The fourth-order valence-corrected chi connectivity index (χ4v) is 3.74. The first-order chi connectivity index (χ1) is 13.4.